The number of rotatable bonds is 14. The van der Waals surface area contributed by atoms with Crippen LogP contribution >= 0.6 is 0 Å². The summed E-state index contributed by atoms with van der Waals surface area (Å²) in [6.45, 7) is 11.3. The molecule has 0 aromatic heterocycles. The summed E-state index contributed by atoms with van der Waals surface area (Å²) < 4.78 is 59.0. The zero-order valence-electron chi connectivity index (χ0n) is 50.3. The molecule has 0 amide bonds. The third kappa shape index (κ3) is 11.3. The van der Waals surface area contributed by atoms with E-state index >= 15 is 4.79 Å². The predicted molar refractivity (Wildman–Crippen MR) is 291 cm³/mol. The Balaban J connectivity index is 0.845. The monoisotopic (exact) mass is 1250 g/mol. The molecule has 0 aromatic carbocycles. The molecule has 5 heterocycles. The van der Waals surface area contributed by atoms with Crippen molar-refractivity contribution in [3.8, 4) is 0 Å². The summed E-state index contributed by atoms with van der Waals surface area (Å²) in [6.07, 6.45) is -35.4. The van der Waals surface area contributed by atoms with Crippen LogP contribution in [0.15, 0.2) is 11.6 Å². The van der Waals surface area contributed by atoms with E-state index in [1.807, 2.05) is 6.92 Å². The van der Waals surface area contributed by atoms with Crippen molar-refractivity contribution in [2.75, 3.05) is 33.0 Å². The topological polar surface area (TPSA) is 453 Å². The number of fused-ring (bicyclic) bond motifs is 7. The molecule has 9 fully saturated rings. The predicted octanol–water partition coefficient (Wildman–Crippen LogP) is -4.60. The molecule has 87 heavy (non-hydrogen) atoms. The van der Waals surface area contributed by atoms with Gasteiger partial charge < -0.3 is 134 Å². The molecule has 28 nitrogen and oxygen atoms in total. The molecule has 10 aliphatic rings. The summed E-state index contributed by atoms with van der Waals surface area (Å²) in [4.78, 5) is 15.3. The van der Waals surface area contributed by atoms with E-state index in [1.165, 1.54) is 6.92 Å². The van der Waals surface area contributed by atoms with Crippen LogP contribution in [-0.2, 0) is 52.2 Å². The standard InChI is InChI=1S/C59H96O28/c1-23-34(65)38(69)42(73)49(80-23)85-46-28(19-61)82-48(45(76)41(46)72)79-21-29-37(68)40(71)44(75)51(83-29)87-53(77)59-15-14-54(2,3)16-25(59)24-8-9-31-55(4)12-11-33(56(5,22-62)30(55)10-13-57(31,6)58(24,7)17-32(59)64)84-52-47(35(66)26(63)20-78-52)86-50-43(74)39(70)36(67)27(18-60)81-50/h8,23,25-52,60-76H,9-22H2,1-7H3/t23-,25-,26-,27+,28+,29+,30-,31+,32+,33-,34-,35-,36+,37+,38+,39-,40-,41+,42+,43+,44+,45+,46+,47+,48+,49-,50-,51-,52-,55-,56-,57+,58+,59+/m0/s1. The van der Waals surface area contributed by atoms with Crippen molar-refractivity contribution in [3.05, 3.63) is 11.6 Å². The molecule has 5 saturated heterocycles. The fourth-order valence-electron chi connectivity index (χ4n) is 17.7. The first-order chi connectivity index (χ1) is 40.8. The minimum Gasteiger partial charge on any atom is -0.432 e. The molecule has 5 aliphatic heterocycles. The Kier molecular flexibility index (Phi) is 19.7. The van der Waals surface area contributed by atoms with Crippen molar-refractivity contribution >= 4 is 5.97 Å². The molecule has 0 unspecified atom stereocenters. The highest BCUT2D eigenvalue weighted by molar-refractivity contribution is 5.80. The molecule has 5 aliphatic carbocycles. The highest BCUT2D eigenvalue weighted by atomic mass is 16.8. The van der Waals surface area contributed by atoms with Crippen molar-refractivity contribution in [1.82, 2.24) is 0 Å². The van der Waals surface area contributed by atoms with E-state index in [-0.39, 0.29) is 43.3 Å². The van der Waals surface area contributed by atoms with Gasteiger partial charge in [0.05, 0.1) is 51.3 Å². The van der Waals surface area contributed by atoms with Gasteiger partial charge >= 0.3 is 5.97 Å². The third-order valence-electron chi connectivity index (χ3n) is 23.3. The van der Waals surface area contributed by atoms with Crippen molar-refractivity contribution < 1.29 is 139 Å². The van der Waals surface area contributed by atoms with Crippen LogP contribution in [0.1, 0.15) is 106 Å². The van der Waals surface area contributed by atoms with Crippen molar-refractivity contribution in [2.24, 2.45) is 50.2 Å². The van der Waals surface area contributed by atoms with Crippen LogP contribution in [0.2, 0.25) is 0 Å². The average Bonchev–Trinajstić information content (AvgIpc) is 0.688. The number of allylic oxidation sites excluding steroid dienone is 2. The first kappa shape index (κ1) is 68.0. The van der Waals surface area contributed by atoms with Gasteiger partial charge in [-0.05, 0) is 104 Å². The van der Waals surface area contributed by atoms with Gasteiger partial charge in [0, 0.05) is 5.41 Å². The summed E-state index contributed by atoms with van der Waals surface area (Å²) in [5.41, 5.74) is -3.44. The summed E-state index contributed by atoms with van der Waals surface area (Å²) in [5, 5.41) is 185. The van der Waals surface area contributed by atoms with E-state index < -0.39 is 218 Å². The lowest BCUT2D eigenvalue weighted by molar-refractivity contribution is -0.368. The van der Waals surface area contributed by atoms with E-state index in [0.29, 0.717) is 44.9 Å². The second-order valence-corrected chi connectivity index (χ2v) is 28.6. The Morgan fingerprint density at radius 3 is 1.80 bits per heavy atom. The first-order valence-corrected chi connectivity index (χ1v) is 30.9. The number of carbonyl (C=O) groups is 1. The van der Waals surface area contributed by atoms with Crippen LogP contribution in [0.3, 0.4) is 0 Å². The summed E-state index contributed by atoms with van der Waals surface area (Å²) in [7, 11) is 0. The van der Waals surface area contributed by atoms with Crippen molar-refractivity contribution in [2.45, 2.75) is 266 Å². The number of hydrogen-bond donors (Lipinski definition) is 17. The largest absolute Gasteiger partial charge is 0.432 e. The molecule has 34 atom stereocenters. The van der Waals surface area contributed by atoms with E-state index in [2.05, 4.69) is 40.7 Å². The van der Waals surface area contributed by atoms with Gasteiger partial charge in [0.15, 0.2) is 25.2 Å². The molecular weight excluding hydrogens is 1160 g/mol. The minimum atomic E-state index is -1.99. The first-order valence-electron chi connectivity index (χ1n) is 30.9. The van der Waals surface area contributed by atoms with Crippen LogP contribution in [0.25, 0.3) is 0 Å². The average molecular weight is 1250 g/mol. The fraction of sp³-hybridized carbons (Fsp3) is 0.949. The van der Waals surface area contributed by atoms with Crippen molar-refractivity contribution in [3.63, 3.8) is 0 Å². The molecule has 0 bridgehead atoms. The number of hydrogen-bond acceptors (Lipinski definition) is 28. The van der Waals surface area contributed by atoms with E-state index in [9.17, 15) is 86.8 Å². The molecule has 0 aromatic rings. The summed E-state index contributed by atoms with van der Waals surface area (Å²) >= 11 is 0. The smallest absolute Gasteiger partial charge is 0.317 e. The quantitative estimate of drug-likeness (QED) is 0.0442. The zero-order valence-corrected chi connectivity index (χ0v) is 50.3. The molecule has 500 valence electrons. The Hall–Kier alpha value is -1.83. The Bertz CT molecular complexity index is 2420. The number of aliphatic hydroxyl groups is 17. The van der Waals surface area contributed by atoms with E-state index in [1.54, 1.807) is 0 Å². The number of aliphatic hydroxyl groups excluding tert-OH is 17. The lowest BCUT2D eigenvalue weighted by Crippen LogP contribution is -2.69. The highest BCUT2D eigenvalue weighted by Gasteiger charge is 2.73. The van der Waals surface area contributed by atoms with Crippen molar-refractivity contribution in [1.29, 1.82) is 0 Å². The van der Waals surface area contributed by atoms with Gasteiger partial charge in [-0.15, -0.1) is 0 Å². The molecule has 0 radical (unpaired) electrons. The SMILES string of the molecule is C[C@@H]1O[C@@H](O[C@H]2[C@H](O)[C@@H](O)[C@H](OC[C@H]3O[C@@H](OC(=O)[C@]45CCC(C)(C)C[C@H]4C4=CC[C@@H]6[C@@]7(C)CC[C@H](O[C@@H]8OC[C@H](O)[C@H](O)[C@H]8O[C@@H]8O[C@H](CO)[C@@H](O)[C@H](O)[C@H]8O)[C@@](C)(CO)[C@H]7CC[C@@]6(C)[C@]4(C)C[C@H]5O)[C@H](O)[C@@H](O)[C@@H]3O)O[C@@H]2CO)[C@H](O)[C@H](O)[C@H]1O. The second-order valence-electron chi connectivity index (χ2n) is 28.6. The number of carbonyl (C=O) groups excluding carboxylic acids is 1. The maximum Gasteiger partial charge on any atom is 0.317 e. The van der Waals surface area contributed by atoms with Gasteiger partial charge in [-0.25, -0.2) is 0 Å². The normalized spacial score (nSPS) is 55.1. The van der Waals surface area contributed by atoms with Gasteiger partial charge in [-0.3, -0.25) is 4.79 Å². The van der Waals surface area contributed by atoms with Gasteiger partial charge in [-0.1, -0.05) is 53.2 Å². The molecule has 17 N–H and O–H groups in total. The Morgan fingerprint density at radius 2 is 1.15 bits per heavy atom. The van der Waals surface area contributed by atoms with Gasteiger partial charge in [0.2, 0.25) is 6.29 Å². The molecule has 10 rings (SSSR count). The highest BCUT2D eigenvalue weighted by Crippen LogP contribution is 2.76. The van der Waals surface area contributed by atoms with Gasteiger partial charge in [-0.2, -0.15) is 0 Å². The Labute approximate surface area is 504 Å². The van der Waals surface area contributed by atoms with Crippen LogP contribution in [0.4, 0.5) is 0 Å². The molecule has 0 spiro atoms. The van der Waals surface area contributed by atoms with Crippen LogP contribution in [0, 0.1) is 50.2 Å². The number of ether oxygens (including phenoxy) is 10. The molecule has 28 heteroatoms. The van der Waals surface area contributed by atoms with Gasteiger partial charge in [0.1, 0.15) is 115 Å². The van der Waals surface area contributed by atoms with E-state index in [0.717, 1.165) is 5.57 Å². The lowest BCUT2D eigenvalue weighted by atomic mass is 9.33. The van der Waals surface area contributed by atoms with Crippen LogP contribution < -0.4 is 0 Å². The maximum atomic E-state index is 15.3. The summed E-state index contributed by atoms with van der Waals surface area (Å²) in [6, 6.07) is 0. The third-order valence-corrected chi connectivity index (χ3v) is 23.3. The maximum absolute atomic E-state index is 15.3. The fourth-order valence-corrected chi connectivity index (χ4v) is 17.7. The van der Waals surface area contributed by atoms with E-state index in [4.69, 9.17) is 47.4 Å². The Morgan fingerprint density at radius 1 is 0.563 bits per heavy atom. The van der Waals surface area contributed by atoms with Gasteiger partial charge in [0.25, 0.3) is 0 Å². The molecular formula is C59H96O28. The minimum absolute atomic E-state index is 0.0248. The second kappa shape index (κ2) is 25.1. The van der Waals surface area contributed by atoms with Crippen LogP contribution in [0.5, 0.6) is 0 Å². The van der Waals surface area contributed by atoms with Crippen LogP contribution in [-0.4, -0.2) is 285 Å². The number of esters is 1. The zero-order chi connectivity index (χ0) is 63.6. The summed E-state index contributed by atoms with van der Waals surface area (Å²) in [5.74, 6) is -1.65. The molecule has 4 saturated carbocycles. The lowest BCUT2D eigenvalue weighted by Gasteiger charge is -2.72.